The standard InChI is InChI=1S/C23H21NO6/c25-19(24-14-6-8-16(9-7-14)29-15-4-2-1-3-5-15)12-28-22(26)20-13-10-17-18(11-13)30-23(27)21(17)20/h1-9,13,17-18,20-21H,10-12H2,(H,24,25)/t13-,17+,18+,20-,21-/m1/s1. The zero-order valence-corrected chi connectivity index (χ0v) is 16.2. The number of anilines is 1. The number of ether oxygens (including phenoxy) is 3. The maximum atomic E-state index is 12.5. The number of carbonyl (C=O) groups is 3. The number of carbonyl (C=O) groups excluding carboxylic acids is 3. The third-order valence-electron chi connectivity index (χ3n) is 6.22. The number of rotatable bonds is 6. The molecule has 1 N–H and O–H groups in total. The molecule has 154 valence electrons. The summed E-state index contributed by atoms with van der Waals surface area (Å²) in [4.78, 5) is 36.7. The molecule has 2 aromatic rings. The molecule has 2 saturated carbocycles. The average Bonchev–Trinajstić information content (AvgIpc) is 3.37. The van der Waals surface area contributed by atoms with Crippen LogP contribution in [0.15, 0.2) is 54.6 Å². The molecule has 7 nitrogen and oxygen atoms in total. The number of hydrogen-bond donors (Lipinski definition) is 1. The van der Waals surface area contributed by atoms with E-state index in [0.29, 0.717) is 11.4 Å². The number of fused-ring (bicyclic) bond motifs is 1. The van der Waals surface area contributed by atoms with E-state index in [4.69, 9.17) is 14.2 Å². The van der Waals surface area contributed by atoms with Crippen molar-refractivity contribution in [3.8, 4) is 11.5 Å². The van der Waals surface area contributed by atoms with E-state index < -0.39 is 23.7 Å². The van der Waals surface area contributed by atoms with Crippen LogP contribution in [0.4, 0.5) is 5.69 Å². The Bertz CT molecular complexity index is 971. The molecule has 2 aromatic carbocycles. The van der Waals surface area contributed by atoms with Crippen LogP contribution in [0.2, 0.25) is 0 Å². The van der Waals surface area contributed by atoms with Gasteiger partial charge in [0.25, 0.3) is 5.91 Å². The summed E-state index contributed by atoms with van der Waals surface area (Å²) in [6, 6.07) is 16.3. The van der Waals surface area contributed by atoms with Crippen molar-refractivity contribution in [1.82, 2.24) is 0 Å². The normalized spacial score (nSPS) is 28.1. The highest BCUT2D eigenvalue weighted by atomic mass is 16.6. The van der Waals surface area contributed by atoms with E-state index >= 15 is 0 Å². The lowest BCUT2D eigenvalue weighted by molar-refractivity contribution is -0.157. The minimum absolute atomic E-state index is 0.0336. The van der Waals surface area contributed by atoms with Gasteiger partial charge in [0.2, 0.25) is 0 Å². The van der Waals surface area contributed by atoms with Gasteiger partial charge in [-0.1, -0.05) is 18.2 Å². The Morgan fingerprint density at radius 3 is 2.50 bits per heavy atom. The van der Waals surface area contributed by atoms with E-state index in [1.807, 2.05) is 30.3 Å². The zero-order valence-electron chi connectivity index (χ0n) is 16.2. The van der Waals surface area contributed by atoms with Crippen LogP contribution in [0.5, 0.6) is 11.5 Å². The molecule has 0 unspecified atom stereocenters. The third-order valence-corrected chi connectivity index (χ3v) is 6.22. The first kappa shape index (κ1) is 18.7. The van der Waals surface area contributed by atoms with Gasteiger partial charge in [-0.15, -0.1) is 0 Å². The van der Waals surface area contributed by atoms with Crippen LogP contribution in [0, 0.1) is 23.7 Å². The first-order chi connectivity index (χ1) is 14.6. The Morgan fingerprint density at radius 1 is 1.00 bits per heavy atom. The number of benzene rings is 2. The highest BCUT2D eigenvalue weighted by Gasteiger charge is 2.64. The monoisotopic (exact) mass is 407 g/mol. The second-order valence-corrected chi connectivity index (χ2v) is 8.02. The Balaban J connectivity index is 1.12. The van der Waals surface area contributed by atoms with E-state index in [9.17, 15) is 14.4 Å². The third kappa shape index (κ3) is 3.40. The van der Waals surface area contributed by atoms with Crippen LogP contribution in [-0.4, -0.2) is 30.6 Å². The Hall–Kier alpha value is -3.35. The highest BCUT2D eigenvalue weighted by Crippen LogP contribution is 2.57. The van der Waals surface area contributed by atoms with Gasteiger partial charge >= 0.3 is 11.9 Å². The summed E-state index contributed by atoms with van der Waals surface area (Å²) in [5.41, 5.74) is 0.568. The first-order valence-electron chi connectivity index (χ1n) is 10.1. The van der Waals surface area contributed by atoms with Gasteiger partial charge in [-0.2, -0.15) is 0 Å². The molecule has 0 spiro atoms. The summed E-state index contributed by atoms with van der Waals surface area (Å²) in [6.45, 7) is -0.389. The number of esters is 2. The van der Waals surface area contributed by atoms with E-state index in [1.54, 1.807) is 24.3 Å². The second kappa shape index (κ2) is 7.48. The molecular weight excluding hydrogens is 386 g/mol. The minimum Gasteiger partial charge on any atom is -0.462 e. The average molecular weight is 407 g/mol. The van der Waals surface area contributed by atoms with Crippen LogP contribution in [0.25, 0.3) is 0 Å². The second-order valence-electron chi connectivity index (χ2n) is 8.02. The molecule has 1 aliphatic heterocycles. The molecule has 5 atom stereocenters. The van der Waals surface area contributed by atoms with E-state index in [0.717, 1.165) is 18.6 Å². The van der Waals surface area contributed by atoms with E-state index in [-0.39, 0.29) is 30.5 Å². The van der Waals surface area contributed by atoms with Gasteiger partial charge in [-0.05, 0) is 55.2 Å². The van der Waals surface area contributed by atoms with Crippen LogP contribution in [-0.2, 0) is 23.9 Å². The smallest absolute Gasteiger partial charge is 0.310 e. The van der Waals surface area contributed by atoms with Crippen molar-refractivity contribution in [2.24, 2.45) is 23.7 Å². The molecule has 2 aliphatic carbocycles. The fraction of sp³-hybridized carbons (Fsp3) is 0.348. The van der Waals surface area contributed by atoms with Crippen LogP contribution in [0.3, 0.4) is 0 Å². The topological polar surface area (TPSA) is 90.9 Å². The summed E-state index contributed by atoms with van der Waals surface area (Å²) in [7, 11) is 0. The van der Waals surface area contributed by atoms with Crippen molar-refractivity contribution in [2.45, 2.75) is 18.9 Å². The van der Waals surface area contributed by atoms with Gasteiger partial charge in [-0.25, -0.2) is 0 Å². The maximum absolute atomic E-state index is 12.5. The summed E-state index contributed by atoms with van der Waals surface area (Å²) < 4.78 is 16.3. The molecule has 0 radical (unpaired) electrons. The zero-order chi connectivity index (χ0) is 20.7. The molecule has 1 saturated heterocycles. The predicted octanol–water partition coefficient (Wildman–Crippen LogP) is 3.16. The van der Waals surface area contributed by atoms with Crippen LogP contribution >= 0.6 is 0 Å². The first-order valence-corrected chi connectivity index (χ1v) is 10.1. The maximum Gasteiger partial charge on any atom is 0.310 e. The predicted molar refractivity (Wildman–Crippen MR) is 106 cm³/mol. The van der Waals surface area contributed by atoms with Gasteiger partial charge in [0.15, 0.2) is 6.61 Å². The number of hydrogen-bond acceptors (Lipinski definition) is 6. The Labute approximate surface area is 173 Å². The SMILES string of the molecule is O=C(COC(=O)[C@@H]1[C@@H]2C[C@@H]3[C@H]1C(=O)O[C@H]3C2)Nc1ccc(Oc2ccccc2)cc1. The molecular formula is C23H21NO6. The van der Waals surface area contributed by atoms with Gasteiger partial charge in [0.05, 0.1) is 11.8 Å². The quantitative estimate of drug-likeness (QED) is 0.740. The highest BCUT2D eigenvalue weighted by molar-refractivity contribution is 5.93. The number of para-hydroxylation sites is 1. The van der Waals surface area contributed by atoms with Crippen molar-refractivity contribution in [3.05, 3.63) is 54.6 Å². The minimum atomic E-state index is -0.483. The van der Waals surface area contributed by atoms with Gasteiger partial charge in [-0.3, -0.25) is 14.4 Å². The Kier molecular flexibility index (Phi) is 4.65. The van der Waals surface area contributed by atoms with Gasteiger partial charge in [0, 0.05) is 11.6 Å². The van der Waals surface area contributed by atoms with E-state index in [2.05, 4.69) is 5.32 Å². The molecule has 1 amide bonds. The fourth-order valence-corrected chi connectivity index (χ4v) is 4.99. The molecule has 3 aliphatic rings. The van der Waals surface area contributed by atoms with Crippen molar-refractivity contribution in [3.63, 3.8) is 0 Å². The van der Waals surface area contributed by atoms with Crippen molar-refractivity contribution < 1.29 is 28.6 Å². The van der Waals surface area contributed by atoms with Crippen LogP contribution < -0.4 is 10.1 Å². The molecule has 7 heteroatoms. The molecule has 0 aromatic heterocycles. The van der Waals surface area contributed by atoms with Gasteiger partial charge < -0.3 is 19.5 Å². The lowest BCUT2D eigenvalue weighted by Crippen LogP contribution is -2.34. The van der Waals surface area contributed by atoms with Crippen molar-refractivity contribution in [1.29, 1.82) is 0 Å². The summed E-state index contributed by atoms with van der Waals surface area (Å²) in [5.74, 6) is -0.488. The van der Waals surface area contributed by atoms with Crippen LogP contribution in [0.1, 0.15) is 12.8 Å². The molecule has 30 heavy (non-hydrogen) atoms. The number of amides is 1. The number of nitrogens with one attached hydrogen (secondary N) is 1. The van der Waals surface area contributed by atoms with Crippen molar-refractivity contribution in [2.75, 3.05) is 11.9 Å². The Morgan fingerprint density at radius 2 is 1.73 bits per heavy atom. The lowest BCUT2D eigenvalue weighted by atomic mass is 9.80. The lowest BCUT2D eigenvalue weighted by Gasteiger charge is -2.22. The fourth-order valence-electron chi connectivity index (χ4n) is 4.99. The van der Waals surface area contributed by atoms with E-state index in [1.165, 1.54) is 0 Å². The van der Waals surface area contributed by atoms with Crippen molar-refractivity contribution >= 4 is 23.5 Å². The molecule has 5 rings (SSSR count). The largest absolute Gasteiger partial charge is 0.462 e. The molecule has 1 heterocycles. The molecule has 3 fully saturated rings. The summed E-state index contributed by atoms with van der Waals surface area (Å²) >= 11 is 0. The summed E-state index contributed by atoms with van der Waals surface area (Å²) in [5, 5.41) is 2.69. The molecule has 2 bridgehead atoms. The summed E-state index contributed by atoms with van der Waals surface area (Å²) in [6.07, 6.45) is 1.51. The van der Waals surface area contributed by atoms with Gasteiger partial charge in [0.1, 0.15) is 17.6 Å².